The lowest BCUT2D eigenvalue weighted by molar-refractivity contribution is -0.123. The van der Waals surface area contributed by atoms with Gasteiger partial charge < -0.3 is 10.1 Å². The zero-order valence-electron chi connectivity index (χ0n) is 17.6. The van der Waals surface area contributed by atoms with Crippen LogP contribution in [0, 0.1) is 0 Å². The Morgan fingerprint density at radius 3 is 2.45 bits per heavy atom. The second-order valence-electron chi connectivity index (χ2n) is 7.22. The van der Waals surface area contributed by atoms with Crippen LogP contribution in [0.25, 0.3) is 10.8 Å². The van der Waals surface area contributed by atoms with E-state index in [-0.39, 0.29) is 23.0 Å². The van der Waals surface area contributed by atoms with E-state index in [0.717, 1.165) is 5.56 Å². The van der Waals surface area contributed by atoms with Gasteiger partial charge in [0.25, 0.3) is 11.5 Å². The fourth-order valence-electron chi connectivity index (χ4n) is 3.23. The molecule has 0 spiro atoms. The molecule has 8 nitrogen and oxygen atoms in total. The molecule has 1 amide bonds. The molecule has 1 N–H and O–H groups in total. The van der Waals surface area contributed by atoms with Crippen molar-refractivity contribution in [1.29, 1.82) is 0 Å². The van der Waals surface area contributed by atoms with Crippen LogP contribution in [0.1, 0.15) is 23.0 Å². The number of ether oxygens (including phenoxy) is 1. The Hall–Kier alpha value is -4.04. The van der Waals surface area contributed by atoms with Gasteiger partial charge in [0.1, 0.15) is 0 Å². The van der Waals surface area contributed by atoms with Crippen LogP contribution in [0.5, 0.6) is 0 Å². The van der Waals surface area contributed by atoms with E-state index in [9.17, 15) is 14.4 Å². The zero-order valence-corrected chi connectivity index (χ0v) is 18.3. The summed E-state index contributed by atoms with van der Waals surface area (Å²) < 4.78 is 6.59. The fraction of sp³-hybridized carbons (Fsp3) is 0.125. The normalized spacial score (nSPS) is 11.7. The van der Waals surface area contributed by atoms with Gasteiger partial charge in [-0.05, 0) is 30.7 Å². The lowest BCUT2D eigenvalue weighted by atomic mass is 10.1. The van der Waals surface area contributed by atoms with E-state index in [1.165, 1.54) is 17.8 Å². The molecule has 2 aromatic carbocycles. The smallest absolute Gasteiger partial charge is 0.360 e. The summed E-state index contributed by atoms with van der Waals surface area (Å²) in [4.78, 5) is 42.3. The first-order chi connectivity index (χ1) is 15.9. The standard InChI is InChI=1S/C24H19ClN4O4/c1-15(22(30)27-19-12-7-13-26-21(19)25)33-24(32)20-17-10-5-6-11-18(17)23(31)29(28-20)14-16-8-3-2-4-9-16/h2-13,15H,14H2,1H3,(H,27,30). The van der Waals surface area contributed by atoms with Crippen LogP contribution in [-0.2, 0) is 16.1 Å². The largest absolute Gasteiger partial charge is 0.448 e. The van der Waals surface area contributed by atoms with E-state index < -0.39 is 18.0 Å². The number of carbonyl (C=O) groups excluding carboxylic acids is 2. The summed E-state index contributed by atoms with van der Waals surface area (Å²) in [7, 11) is 0. The van der Waals surface area contributed by atoms with Crippen LogP contribution < -0.4 is 10.9 Å². The highest BCUT2D eigenvalue weighted by molar-refractivity contribution is 6.32. The van der Waals surface area contributed by atoms with Crippen molar-refractivity contribution in [2.24, 2.45) is 0 Å². The van der Waals surface area contributed by atoms with Crippen LogP contribution in [0.3, 0.4) is 0 Å². The van der Waals surface area contributed by atoms with Crippen molar-refractivity contribution in [3.63, 3.8) is 0 Å². The van der Waals surface area contributed by atoms with Crippen molar-refractivity contribution in [1.82, 2.24) is 14.8 Å². The average Bonchev–Trinajstić information content (AvgIpc) is 2.83. The van der Waals surface area contributed by atoms with E-state index in [1.54, 1.807) is 36.4 Å². The number of aromatic nitrogens is 3. The third-order valence-electron chi connectivity index (χ3n) is 4.91. The van der Waals surface area contributed by atoms with Crippen molar-refractivity contribution < 1.29 is 14.3 Å². The van der Waals surface area contributed by atoms with Gasteiger partial charge in [-0.15, -0.1) is 0 Å². The van der Waals surface area contributed by atoms with Crippen molar-refractivity contribution in [3.8, 4) is 0 Å². The topological polar surface area (TPSA) is 103 Å². The second kappa shape index (κ2) is 9.62. The van der Waals surface area contributed by atoms with E-state index in [2.05, 4.69) is 15.4 Å². The lowest BCUT2D eigenvalue weighted by Crippen LogP contribution is -2.32. The predicted octanol–water partition coefficient (Wildman–Crippen LogP) is 3.68. The highest BCUT2D eigenvalue weighted by Gasteiger charge is 2.24. The van der Waals surface area contributed by atoms with Gasteiger partial charge in [-0.2, -0.15) is 5.10 Å². The van der Waals surface area contributed by atoms with Gasteiger partial charge in [-0.1, -0.05) is 60.1 Å². The molecule has 0 bridgehead atoms. The first-order valence-corrected chi connectivity index (χ1v) is 10.5. The Morgan fingerprint density at radius 2 is 1.73 bits per heavy atom. The Labute approximate surface area is 193 Å². The first-order valence-electron chi connectivity index (χ1n) is 10.1. The minimum atomic E-state index is -1.15. The number of pyridine rings is 1. The lowest BCUT2D eigenvalue weighted by Gasteiger charge is -2.15. The van der Waals surface area contributed by atoms with Gasteiger partial charge in [-0.3, -0.25) is 9.59 Å². The summed E-state index contributed by atoms with van der Waals surface area (Å²) in [6.45, 7) is 1.61. The number of anilines is 1. The van der Waals surface area contributed by atoms with E-state index in [0.29, 0.717) is 16.5 Å². The molecule has 0 aliphatic heterocycles. The number of halogens is 1. The number of benzene rings is 2. The molecule has 9 heteroatoms. The van der Waals surface area contributed by atoms with Crippen LogP contribution in [0.15, 0.2) is 77.7 Å². The Morgan fingerprint density at radius 1 is 1.03 bits per heavy atom. The molecule has 33 heavy (non-hydrogen) atoms. The second-order valence-corrected chi connectivity index (χ2v) is 7.58. The predicted molar refractivity (Wildman–Crippen MR) is 124 cm³/mol. The monoisotopic (exact) mass is 462 g/mol. The molecule has 2 heterocycles. The molecule has 0 aliphatic carbocycles. The summed E-state index contributed by atoms with van der Waals surface area (Å²) in [5.74, 6) is -1.41. The number of nitrogens with zero attached hydrogens (tertiary/aromatic N) is 3. The molecule has 0 saturated carbocycles. The number of fused-ring (bicyclic) bond motifs is 1. The molecule has 2 aromatic heterocycles. The van der Waals surface area contributed by atoms with Gasteiger partial charge in [-0.25, -0.2) is 14.5 Å². The molecule has 1 unspecified atom stereocenters. The maximum atomic E-state index is 13.0. The quantitative estimate of drug-likeness (QED) is 0.346. The number of hydrogen-bond donors (Lipinski definition) is 1. The zero-order chi connectivity index (χ0) is 23.4. The number of rotatable bonds is 6. The number of esters is 1. The van der Waals surface area contributed by atoms with Gasteiger partial charge in [0.2, 0.25) is 0 Å². The van der Waals surface area contributed by atoms with Crippen LogP contribution in [-0.4, -0.2) is 32.7 Å². The van der Waals surface area contributed by atoms with E-state index >= 15 is 0 Å². The van der Waals surface area contributed by atoms with Gasteiger partial charge >= 0.3 is 5.97 Å². The van der Waals surface area contributed by atoms with Crippen LogP contribution >= 0.6 is 11.6 Å². The van der Waals surface area contributed by atoms with Gasteiger partial charge in [0.05, 0.1) is 17.6 Å². The molecular weight excluding hydrogens is 444 g/mol. The minimum absolute atomic E-state index is 0.0554. The molecule has 4 aromatic rings. The van der Waals surface area contributed by atoms with Crippen molar-refractivity contribution in [2.45, 2.75) is 19.6 Å². The molecule has 0 aliphatic rings. The van der Waals surface area contributed by atoms with Crippen LogP contribution in [0.2, 0.25) is 5.15 Å². The summed E-state index contributed by atoms with van der Waals surface area (Å²) >= 11 is 5.96. The van der Waals surface area contributed by atoms with Crippen molar-refractivity contribution >= 4 is 39.9 Å². The Kier molecular flexibility index (Phi) is 6.46. The summed E-state index contributed by atoms with van der Waals surface area (Å²) in [5, 5.41) is 7.63. The SMILES string of the molecule is CC(OC(=O)c1nn(Cc2ccccc2)c(=O)c2ccccc12)C(=O)Nc1cccnc1Cl. The molecule has 0 saturated heterocycles. The molecule has 166 valence electrons. The highest BCUT2D eigenvalue weighted by atomic mass is 35.5. The number of amides is 1. The maximum absolute atomic E-state index is 13.0. The molecular formula is C24H19ClN4O4. The maximum Gasteiger partial charge on any atom is 0.360 e. The summed E-state index contributed by atoms with van der Waals surface area (Å²) in [5.41, 5.74) is 0.762. The van der Waals surface area contributed by atoms with Gasteiger partial charge in [0.15, 0.2) is 17.0 Å². The Balaban J connectivity index is 1.62. The third-order valence-corrected chi connectivity index (χ3v) is 5.21. The number of nitrogens with one attached hydrogen (secondary N) is 1. The first kappa shape index (κ1) is 22.2. The minimum Gasteiger partial charge on any atom is -0.448 e. The highest BCUT2D eigenvalue weighted by Crippen LogP contribution is 2.19. The summed E-state index contributed by atoms with van der Waals surface area (Å²) in [6, 6.07) is 19.1. The number of hydrogen-bond acceptors (Lipinski definition) is 6. The Bertz CT molecular complexity index is 1390. The molecule has 0 fully saturated rings. The van der Waals surface area contributed by atoms with Crippen molar-refractivity contribution in [2.75, 3.05) is 5.32 Å². The summed E-state index contributed by atoms with van der Waals surface area (Å²) in [6.07, 6.45) is 0.339. The molecule has 1 atom stereocenters. The van der Waals surface area contributed by atoms with E-state index in [4.69, 9.17) is 16.3 Å². The molecule has 4 rings (SSSR count). The molecule has 0 radical (unpaired) electrons. The van der Waals surface area contributed by atoms with Crippen LogP contribution in [0.4, 0.5) is 5.69 Å². The van der Waals surface area contributed by atoms with E-state index in [1.807, 2.05) is 30.3 Å². The average molecular weight is 463 g/mol. The number of carbonyl (C=O) groups is 2. The van der Waals surface area contributed by atoms with Crippen molar-refractivity contribution in [3.05, 3.63) is 99.7 Å². The fourth-order valence-corrected chi connectivity index (χ4v) is 3.40. The third kappa shape index (κ3) is 4.91. The van der Waals surface area contributed by atoms with Gasteiger partial charge in [0, 0.05) is 11.6 Å².